The van der Waals surface area contributed by atoms with Crippen LogP contribution < -0.4 is 17.0 Å². The van der Waals surface area contributed by atoms with Crippen molar-refractivity contribution >= 4 is 23.5 Å². The molecule has 0 spiro atoms. The van der Waals surface area contributed by atoms with Crippen LogP contribution in [0.2, 0.25) is 5.02 Å². The van der Waals surface area contributed by atoms with E-state index in [0.29, 0.717) is 22.8 Å². The number of benzene rings is 2. The van der Waals surface area contributed by atoms with Gasteiger partial charge in [0.1, 0.15) is 0 Å². The average molecular weight is 275 g/mol. The van der Waals surface area contributed by atoms with E-state index >= 15 is 0 Å². The fourth-order valence-electron chi connectivity index (χ4n) is 1.96. The van der Waals surface area contributed by atoms with Crippen molar-refractivity contribution in [1.29, 1.82) is 5.41 Å². The Labute approximate surface area is 116 Å². The second-order valence-corrected chi connectivity index (χ2v) is 4.61. The maximum atomic E-state index is 7.48. The third-order valence-electron chi connectivity index (χ3n) is 2.89. The van der Waals surface area contributed by atoms with Crippen molar-refractivity contribution in [2.45, 2.75) is 6.54 Å². The number of nitrogens with two attached hydrogens (primary N) is 2. The number of nitrogens with one attached hydrogen (secondary N) is 2. The number of hydrogen-bond donors (Lipinski definition) is 4. The molecule has 0 saturated carbocycles. The van der Waals surface area contributed by atoms with E-state index in [1.165, 1.54) is 6.21 Å². The average Bonchev–Trinajstić information content (AvgIpc) is 2.39. The summed E-state index contributed by atoms with van der Waals surface area (Å²) in [6.07, 6.45) is 1.25. The number of anilines is 1. The Hall–Kier alpha value is -1.88. The van der Waals surface area contributed by atoms with Crippen molar-refractivity contribution in [2.24, 2.45) is 5.84 Å². The van der Waals surface area contributed by atoms with Crippen LogP contribution in [0.25, 0.3) is 11.1 Å². The van der Waals surface area contributed by atoms with Gasteiger partial charge in [0.2, 0.25) is 0 Å². The van der Waals surface area contributed by atoms with Gasteiger partial charge in [-0.15, -0.1) is 0 Å². The number of nitrogen functional groups attached to an aromatic ring is 1. The Morgan fingerprint density at radius 3 is 2.47 bits per heavy atom. The first-order valence-corrected chi connectivity index (χ1v) is 6.15. The molecular weight excluding hydrogens is 260 g/mol. The van der Waals surface area contributed by atoms with E-state index in [1.807, 2.05) is 30.3 Å². The lowest BCUT2D eigenvalue weighted by molar-refractivity contribution is 0.741. The molecule has 0 saturated heterocycles. The standard InChI is InChI=1S/C14H15ClN4/c15-11-5-12(13(7-16)14(17)6-11)10-3-1-9(2-4-10)8-19-18/h1-7,16,19H,8,17-18H2. The molecule has 0 amide bonds. The predicted molar refractivity (Wildman–Crippen MR) is 80.2 cm³/mol. The lowest BCUT2D eigenvalue weighted by atomic mass is 9.98. The van der Waals surface area contributed by atoms with Crippen LogP contribution in [0.1, 0.15) is 11.1 Å². The van der Waals surface area contributed by atoms with Gasteiger partial charge in [-0.05, 0) is 28.8 Å². The zero-order chi connectivity index (χ0) is 13.8. The summed E-state index contributed by atoms with van der Waals surface area (Å²) in [4.78, 5) is 0. The molecule has 0 atom stereocenters. The van der Waals surface area contributed by atoms with Crippen LogP contribution in [0, 0.1) is 5.41 Å². The van der Waals surface area contributed by atoms with Gasteiger partial charge in [0, 0.05) is 29.0 Å². The molecular formula is C14H15ClN4. The summed E-state index contributed by atoms with van der Waals surface area (Å²) < 4.78 is 0. The molecule has 2 rings (SSSR count). The summed E-state index contributed by atoms with van der Waals surface area (Å²) in [5, 5.41) is 8.04. The van der Waals surface area contributed by atoms with E-state index < -0.39 is 0 Å². The van der Waals surface area contributed by atoms with Crippen molar-refractivity contribution in [3.63, 3.8) is 0 Å². The molecule has 0 aliphatic rings. The second-order valence-electron chi connectivity index (χ2n) is 4.18. The minimum absolute atomic E-state index is 0.505. The van der Waals surface area contributed by atoms with Gasteiger partial charge in [-0.2, -0.15) is 0 Å². The molecule has 0 heterocycles. The van der Waals surface area contributed by atoms with Gasteiger partial charge >= 0.3 is 0 Å². The van der Waals surface area contributed by atoms with E-state index in [2.05, 4.69) is 5.43 Å². The summed E-state index contributed by atoms with van der Waals surface area (Å²) in [5.74, 6) is 5.28. The molecule has 5 heteroatoms. The highest BCUT2D eigenvalue weighted by molar-refractivity contribution is 6.31. The lowest BCUT2D eigenvalue weighted by Crippen LogP contribution is -2.20. The molecule has 98 valence electrons. The van der Waals surface area contributed by atoms with Crippen molar-refractivity contribution in [3.05, 3.63) is 52.5 Å². The SMILES string of the molecule is N=Cc1c(N)cc(Cl)cc1-c1ccc(CNN)cc1. The Morgan fingerprint density at radius 1 is 1.21 bits per heavy atom. The van der Waals surface area contributed by atoms with Crippen LogP contribution in [0.4, 0.5) is 5.69 Å². The topological polar surface area (TPSA) is 87.9 Å². The van der Waals surface area contributed by atoms with Crippen molar-refractivity contribution < 1.29 is 0 Å². The van der Waals surface area contributed by atoms with E-state index in [4.69, 9.17) is 28.6 Å². The van der Waals surface area contributed by atoms with Crippen molar-refractivity contribution in [3.8, 4) is 11.1 Å². The summed E-state index contributed by atoms with van der Waals surface area (Å²) >= 11 is 6.03. The molecule has 6 N–H and O–H groups in total. The maximum absolute atomic E-state index is 7.48. The molecule has 0 fully saturated rings. The van der Waals surface area contributed by atoms with Gasteiger partial charge in [0.25, 0.3) is 0 Å². The zero-order valence-electron chi connectivity index (χ0n) is 10.3. The smallest absolute Gasteiger partial charge is 0.0433 e. The van der Waals surface area contributed by atoms with Crippen LogP contribution in [-0.2, 0) is 6.54 Å². The summed E-state index contributed by atoms with van der Waals surface area (Å²) in [5.41, 5.74) is 12.6. The Balaban J connectivity index is 2.48. The summed E-state index contributed by atoms with van der Waals surface area (Å²) in [6.45, 7) is 0.607. The molecule has 0 aliphatic heterocycles. The quantitative estimate of drug-likeness (QED) is 0.299. The molecule has 2 aromatic rings. The van der Waals surface area contributed by atoms with Gasteiger partial charge in [-0.25, -0.2) is 0 Å². The number of hydrazine groups is 1. The second kappa shape index (κ2) is 5.84. The van der Waals surface area contributed by atoms with Gasteiger partial charge < -0.3 is 11.1 Å². The molecule has 0 aromatic heterocycles. The minimum atomic E-state index is 0.505. The molecule has 0 bridgehead atoms. The summed E-state index contributed by atoms with van der Waals surface area (Å²) in [7, 11) is 0. The zero-order valence-corrected chi connectivity index (χ0v) is 11.0. The minimum Gasteiger partial charge on any atom is -0.398 e. The fourth-order valence-corrected chi connectivity index (χ4v) is 2.19. The van der Waals surface area contributed by atoms with Crippen LogP contribution >= 0.6 is 11.6 Å². The summed E-state index contributed by atoms with van der Waals surface area (Å²) in [6, 6.07) is 11.3. The van der Waals surface area contributed by atoms with Crippen molar-refractivity contribution in [1.82, 2.24) is 5.43 Å². The molecule has 0 unspecified atom stereocenters. The number of hydrogen-bond acceptors (Lipinski definition) is 4. The maximum Gasteiger partial charge on any atom is 0.0433 e. The van der Waals surface area contributed by atoms with Crippen LogP contribution in [-0.4, -0.2) is 6.21 Å². The van der Waals surface area contributed by atoms with Gasteiger partial charge in [0.05, 0.1) is 0 Å². The first kappa shape index (κ1) is 13.5. The molecule has 2 aromatic carbocycles. The van der Waals surface area contributed by atoms with Gasteiger partial charge in [-0.1, -0.05) is 35.9 Å². The van der Waals surface area contributed by atoms with E-state index in [1.54, 1.807) is 6.07 Å². The first-order valence-electron chi connectivity index (χ1n) is 5.78. The normalized spacial score (nSPS) is 10.4. The van der Waals surface area contributed by atoms with Crippen LogP contribution in [0.5, 0.6) is 0 Å². The number of rotatable bonds is 4. The van der Waals surface area contributed by atoms with E-state index in [0.717, 1.165) is 16.7 Å². The van der Waals surface area contributed by atoms with E-state index in [-0.39, 0.29) is 0 Å². The highest BCUT2D eigenvalue weighted by atomic mass is 35.5. The molecule has 0 radical (unpaired) electrons. The Morgan fingerprint density at radius 2 is 1.89 bits per heavy atom. The van der Waals surface area contributed by atoms with Gasteiger partial charge in [0.15, 0.2) is 0 Å². The fraction of sp³-hybridized carbons (Fsp3) is 0.0714. The molecule has 19 heavy (non-hydrogen) atoms. The third kappa shape index (κ3) is 2.93. The Kier molecular flexibility index (Phi) is 4.16. The molecule has 0 aliphatic carbocycles. The highest BCUT2D eigenvalue weighted by Crippen LogP contribution is 2.30. The first-order chi connectivity index (χ1) is 9.15. The number of halogens is 1. The Bertz CT molecular complexity index is 593. The third-order valence-corrected chi connectivity index (χ3v) is 3.11. The highest BCUT2D eigenvalue weighted by Gasteiger charge is 2.08. The lowest BCUT2D eigenvalue weighted by Gasteiger charge is -2.10. The monoisotopic (exact) mass is 274 g/mol. The molecule has 4 nitrogen and oxygen atoms in total. The largest absolute Gasteiger partial charge is 0.398 e. The van der Waals surface area contributed by atoms with Crippen LogP contribution in [0.15, 0.2) is 36.4 Å². The van der Waals surface area contributed by atoms with Crippen molar-refractivity contribution in [2.75, 3.05) is 5.73 Å². The van der Waals surface area contributed by atoms with E-state index in [9.17, 15) is 0 Å². The van der Waals surface area contributed by atoms with Crippen LogP contribution in [0.3, 0.4) is 0 Å². The van der Waals surface area contributed by atoms with Gasteiger partial charge in [-0.3, -0.25) is 11.3 Å². The predicted octanol–water partition coefficient (Wildman–Crippen LogP) is 2.55.